The van der Waals surface area contributed by atoms with Gasteiger partial charge in [-0.2, -0.15) is 0 Å². The van der Waals surface area contributed by atoms with Gasteiger partial charge >= 0.3 is 0 Å². The Morgan fingerprint density at radius 2 is 1.69 bits per heavy atom. The molecule has 0 spiro atoms. The van der Waals surface area contributed by atoms with Crippen LogP contribution in [-0.2, 0) is 0 Å². The molecule has 3 N–H and O–H groups in total. The summed E-state index contributed by atoms with van der Waals surface area (Å²) in [4.78, 5) is 20.8. The fourth-order valence-electron chi connectivity index (χ4n) is 3.46. The van der Waals surface area contributed by atoms with Crippen LogP contribution in [0.4, 0.5) is 11.6 Å². The van der Waals surface area contributed by atoms with Crippen molar-refractivity contribution < 1.29 is 9.90 Å². The third kappa shape index (κ3) is 4.26. The Morgan fingerprint density at radius 1 is 1.00 bits per heavy atom. The van der Waals surface area contributed by atoms with Crippen LogP contribution in [0.25, 0.3) is 11.1 Å². The average Bonchev–Trinajstić information content (AvgIpc) is 2.77. The molecule has 1 saturated heterocycles. The van der Waals surface area contributed by atoms with E-state index in [2.05, 4.69) is 15.0 Å². The van der Waals surface area contributed by atoms with Gasteiger partial charge in [0, 0.05) is 36.6 Å². The normalized spacial score (nSPS) is 15.2. The number of carbonyl (C=O) groups is 1. The summed E-state index contributed by atoms with van der Waals surface area (Å²) in [6.45, 7) is 1.32. The molecular formula is C22H23N5O2. The fourth-order valence-corrected chi connectivity index (χ4v) is 3.46. The summed E-state index contributed by atoms with van der Waals surface area (Å²) in [7, 11) is 0. The summed E-state index contributed by atoms with van der Waals surface area (Å²) >= 11 is 0. The van der Waals surface area contributed by atoms with Gasteiger partial charge in [-0.25, -0.2) is 20.0 Å². The molecule has 1 aliphatic rings. The predicted molar refractivity (Wildman–Crippen MR) is 111 cm³/mol. The topological polar surface area (TPSA) is 95.6 Å². The van der Waals surface area contributed by atoms with Gasteiger partial charge in [0.15, 0.2) is 0 Å². The van der Waals surface area contributed by atoms with Crippen LogP contribution in [0.5, 0.6) is 0 Å². The molecule has 148 valence electrons. The second-order valence-electron chi connectivity index (χ2n) is 7.05. The number of aliphatic hydroxyl groups is 1. The number of primary amides is 1. The van der Waals surface area contributed by atoms with Crippen molar-refractivity contribution in [1.29, 1.82) is 0 Å². The van der Waals surface area contributed by atoms with Crippen molar-refractivity contribution in [2.24, 2.45) is 5.73 Å². The summed E-state index contributed by atoms with van der Waals surface area (Å²) in [5, 5.41) is 13.9. The highest BCUT2D eigenvalue weighted by atomic mass is 16.3. The molecule has 2 heterocycles. The van der Waals surface area contributed by atoms with E-state index in [1.54, 1.807) is 30.6 Å². The molecule has 0 atom stereocenters. The second-order valence-corrected chi connectivity index (χ2v) is 7.05. The molecule has 29 heavy (non-hydrogen) atoms. The quantitative estimate of drug-likeness (QED) is 0.697. The molecule has 2 aromatic carbocycles. The minimum absolute atomic E-state index is 0.300. The Bertz CT molecular complexity index is 970. The van der Waals surface area contributed by atoms with Gasteiger partial charge in [0.05, 0.1) is 11.8 Å². The Balaban J connectivity index is 1.70. The van der Waals surface area contributed by atoms with Crippen molar-refractivity contribution in [2.45, 2.75) is 18.9 Å². The first kappa shape index (κ1) is 19.0. The van der Waals surface area contributed by atoms with E-state index in [-0.39, 0.29) is 6.10 Å². The lowest BCUT2D eigenvalue weighted by molar-refractivity contribution is 0.0820. The van der Waals surface area contributed by atoms with Crippen LogP contribution in [0.3, 0.4) is 0 Å². The highest BCUT2D eigenvalue weighted by molar-refractivity contribution is 5.93. The van der Waals surface area contributed by atoms with Gasteiger partial charge in [-0.05, 0) is 36.6 Å². The fraction of sp³-hybridized carbons (Fsp3) is 0.227. The SMILES string of the molecule is NC(=O)c1cccc(N(c2ncc(-c3ccccc3)cn2)N2CCC(O)CC2)c1. The first-order chi connectivity index (χ1) is 14.1. The lowest BCUT2D eigenvalue weighted by Crippen LogP contribution is -2.46. The van der Waals surface area contributed by atoms with Crippen molar-refractivity contribution in [3.8, 4) is 11.1 Å². The molecule has 0 aliphatic carbocycles. The number of aliphatic hydroxyl groups excluding tert-OH is 1. The maximum Gasteiger partial charge on any atom is 0.248 e. The van der Waals surface area contributed by atoms with Crippen LogP contribution in [0.15, 0.2) is 67.0 Å². The molecule has 1 amide bonds. The molecule has 4 rings (SSSR count). The van der Waals surface area contributed by atoms with Crippen LogP contribution in [-0.4, -0.2) is 45.2 Å². The number of hydrazine groups is 1. The van der Waals surface area contributed by atoms with E-state index < -0.39 is 5.91 Å². The van der Waals surface area contributed by atoms with Gasteiger partial charge in [-0.15, -0.1) is 0 Å². The zero-order valence-electron chi connectivity index (χ0n) is 16.0. The van der Waals surface area contributed by atoms with Crippen LogP contribution >= 0.6 is 0 Å². The van der Waals surface area contributed by atoms with E-state index in [1.165, 1.54) is 0 Å². The zero-order valence-corrected chi connectivity index (χ0v) is 16.0. The van der Waals surface area contributed by atoms with Crippen LogP contribution in [0.2, 0.25) is 0 Å². The van der Waals surface area contributed by atoms with Crippen molar-refractivity contribution in [3.63, 3.8) is 0 Å². The van der Waals surface area contributed by atoms with Crippen molar-refractivity contribution in [1.82, 2.24) is 15.0 Å². The number of nitrogens with zero attached hydrogens (tertiary/aromatic N) is 4. The first-order valence-corrected chi connectivity index (χ1v) is 9.62. The molecule has 7 heteroatoms. The molecule has 0 radical (unpaired) electrons. The highest BCUT2D eigenvalue weighted by Gasteiger charge is 2.26. The van der Waals surface area contributed by atoms with Gasteiger partial charge in [0.2, 0.25) is 11.9 Å². The summed E-state index contributed by atoms with van der Waals surface area (Å²) in [6, 6.07) is 17.1. The molecule has 1 aliphatic heterocycles. The van der Waals surface area contributed by atoms with Crippen molar-refractivity contribution in [2.75, 3.05) is 18.1 Å². The van der Waals surface area contributed by atoms with E-state index in [0.29, 0.717) is 37.4 Å². The Morgan fingerprint density at radius 3 is 2.34 bits per heavy atom. The van der Waals surface area contributed by atoms with Gasteiger partial charge in [-0.1, -0.05) is 36.4 Å². The Kier molecular flexibility index (Phi) is 5.50. The minimum Gasteiger partial charge on any atom is -0.393 e. The largest absolute Gasteiger partial charge is 0.393 e. The monoisotopic (exact) mass is 389 g/mol. The Labute approximate surface area is 169 Å². The molecule has 3 aromatic rings. The number of rotatable bonds is 5. The van der Waals surface area contributed by atoms with E-state index in [9.17, 15) is 9.90 Å². The smallest absolute Gasteiger partial charge is 0.248 e. The third-order valence-corrected chi connectivity index (χ3v) is 5.03. The molecule has 1 aromatic heterocycles. The van der Waals surface area contributed by atoms with E-state index >= 15 is 0 Å². The van der Waals surface area contributed by atoms with E-state index in [4.69, 9.17) is 5.73 Å². The summed E-state index contributed by atoms with van der Waals surface area (Å²) in [5.41, 5.74) is 8.61. The number of hydrogen-bond acceptors (Lipinski definition) is 6. The number of nitrogens with two attached hydrogens (primary N) is 1. The minimum atomic E-state index is -0.485. The van der Waals surface area contributed by atoms with Crippen LogP contribution < -0.4 is 10.7 Å². The summed E-state index contributed by atoms with van der Waals surface area (Å²) < 4.78 is 0. The van der Waals surface area contributed by atoms with Crippen LogP contribution in [0.1, 0.15) is 23.2 Å². The number of anilines is 2. The standard InChI is InChI=1S/C22H23N5O2/c23-21(29)17-7-4-8-19(13-17)27(26-11-9-20(28)10-12-26)22-24-14-18(15-25-22)16-5-2-1-3-6-16/h1-8,13-15,20,28H,9-12H2,(H2,23,29). The molecule has 0 unspecified atom stereocenters. The lowest BCUT2D eigenvalue weighted by Gasteiger charge is -2.38. The number of carbonyl (C=O) groups excluding carboxylic acids is 1. The number of aromatic nitrogens is 2. The Hall–Kier alpha value is -3.29. The van der Waals surface area contributed by atoms with Crippen molar-refractivity contribution in [3.05, 3.63) is 72.6 Å². The van der Waals surface area contributed by atoms with Crippen LogP contribution in [0, 0.1) is 0 Å². The summed E-state index contributed by atoms with van der Waals surface area (Å²) in [5.74, 6) is 0.0175. The zero-order chi connectivity index (χ0) is 20.2. The van der Waals surface area contributed by atoms with E-state index in [1.807, 2.05) is 41.4 Å². The van der Waals surface area contributed by atoms with Gasteiger partial charge in [0.25, 0.3) is 0 Å². The number of piperidine rings is 1. The highest BCUT2D eigenvalue weighted by Crippen LogP contribution is 2.28. The average molecular weight is 389 g/mol. The molecular weight excluding hydrogens is 366 g/mol. The number of hydrogen-bond donors (Lipinski definition) is 2. The predicted octanol–water partition coefficient (Wildman–Crippen LogP) is 2.75. The maximum atomic E-state index is 11.7. The van der Waals surface area contributed by atoms with Crippen molar-refractivity contribution >= 4 is 17.5 Å². The molecule has 0 saturated carbocycles. The molecule has 1 fully saturated rings. The van der Waals surface area contributed by atoms with E-state index in [0.717, 1.165) is 16.8 Å². The second kappa shape index (κ2) is 8.38. The van der Waals surface area contributed by atoms with Gasteiger partial charge in [-0.3, -0.25) is 4.79 Å². The maximum absolute atomic E-state index is 11.7. The lowest BCUT2D eigenvalue weighted by atomic mass is 10.1. The molecule has 0 bridgehead atoms. The summed E-state index contributed by atoms with van der Waals surface area (Å²) in [6.07, 6.45) is 4.61. The van der Waals surface area contributed by atoms with Gasteiger partial charge < -0.3 is 10.8 Å². The first-order valence-electron chi connectivity index (χ1n) is 9.62. The third-order valence-electron chi connectivity index (χ3n) is 5.03. The number of amides is 1. The molecule has 7 nitrogen and oxygen atoms in total. The van der Waals surface area contributed by atoms with Gasteiger partial charge in [0.1, 0.15) is 0 Å². The number of benzene rings is 2.